The molecule has 0 aliphatic rings. The molecule has 0 amide bonds. The average Bonchev–Trinajstić information content (AvgIpc) is 2.90. The largest absolute Gasteiger partial charge is 1.00 e. The van der Waals surface area contributed by atoms with Crippen molar-refractivity contribution in [1.82, 2.24) is 9.78 Å². The number of carbonyl (C=O) groups is 1. The molecule has 0 unspecified atom stereocenters. The average molecular weight is 339 g/mol. The number of nitrogens with two attached hydrogens (primary N) is 1. The maximum atomic E-state index is 10.9. The molecule has 0 saturated carbocycles. The van der Waals surface area contributed by atoms with Crippen LogP contribution in [0.2, 0.25) is 0 Å². The van der Waals surface area contributed by atoms with Crippen molar-refractivity contribution in [3.05, 3.63) is 71.8 Å². The predicted octanol–water partition coefficient (Wildman–Crippen LogP) is -1.71. The number of aromatic nitrogens is 2. The molecule has 0 atom stereocenters. The maximum absolute atomic E-state index is 10.9. The standard InChI is InChI=1S/C19H15N3O2.Na/c20-19-16(12-11-14-7-3-1-4-8-14)18(15-9-5-2-6-10-15)21-22(19)13-17(23)24;/h1-10H,13,20H2,(H,23,24);/q;+1/p-1. The van der Waals surface area contributed by atoms with Gasteiger partial charge in [-0.3, -0.25) is 0 Å². The summed E-state index contributed by atoms with van der Waals surface area (Å²) in [6.45, 7) is -0.418. The third-order valence-electron chi connectivity index (χ3n) is 3.42. The van der Waals surface area contributed by atoms with E-state index < -0.39 is 12.5 Å². The van der Waals surface area contributed by atoms with Crippen molar-refractivity contribution < 1.29 is 39.5 Å². The summed E-state index contributed by atoms with van der Waals surface area (Å²) in [5.74, 6) is 5.00. The summed E-state index contributed by atoms with van der Waals surface area (Å²) in [4.78, 5) is 10.9. The van der Waals surface area contributed by atoms with Gasteiger partial charge in [-0.1, -0.05) is 60.4 Å². The van der Waals surface area contributed by atoms with E-state index in [-0.39, 0.29) is 35.4 Å². The van der Waals surface area contributed by atoms with E-state index in [4.69, 9.17) is 5.73 Å². The van der Waals surface area contributed by atoms with Crippen LogP contribution in [0.1, 0.15) is 11.1 Å². The van der Waals surface area contributed by atoms with E-state index in [0.717, 1.165) is 11.1 Å². The van der Waals surface area contributed by atoms with Gasteiger partial charge in [-0.15, -0.1) is 0 Å². The van der Waals surface area contributed by atoms with E-state index >= 15 is 0 Å². The number of nitrogens with zero attached hydrogens (tertiary/aromatic N) is 2. The van der Waals surface area contributed by atoms with Crippen LogP contribution in [0, 0.1) is 11.8 Å². The second-order valence-corrected chi connectivity index (χ2v) is 5.12. The molecule has 0 fully saturated rings. The molecule has 0 aliphatic carbocycles. The number of carbonyl (C=O) groups excluding carboxylic acids is 1. The van der Waals surface area contributed by atoms with Gasteiger partial charge in [0.2, 0.25) is 0 Å². The normalized spacial score (nSPS) is 9.60. The molecule has 1 aromatic heterocycles. The molecule has 0 radical (unpaired) electrons. The molecule has 118 valence electrons. The van der Waals surface area contributed by atoms with E-state index in [1.165, 1.54) is 4.68 Å². The monoisotopic (exact) mass is 339 g/mol. The number of carboxylic acid groups (broad SMARTS) is 1. The molecule has 0 saturated heterocycles. The van der Waals surface area contributed by atoms with Gasteiger partial charge in [-0.2, -0.15) is 5.10 Å². The van der Waals surface area contributed by atoms with Crippen molar-refractivity contribution >= 4 is 11.8 Å². The van der Waals surface area contributed by atoms with Gasteiger partial charge in [0.05, 0.1) is 18.1 Å². The first-order chi connectivity index (χ1) is 11.6. The Labute approximate surface area is 167 Å². The summed E-state index contributed by atoms with van der Waals surface area (Å²) in [5, 5.41) is 15.2. The Bertz CT molecular complexity index is 926. The quantitative estimate of drug-likeness (QED) is 0.455. The number of carboxylic acids is 1. The SMILES string of the molecule is Nc1c(C#Cc2ccccc2)c(-c2ccccc2)nn1CC(=O)[O-].[Na+]. The van der Waals surface area contributed by atoms with Crippen molar-refractivity contribution in [2.24, 2.45) is 0 Å². The second kappa shape index (κ2) is 8.54. The Morgan fingerprint density at radius 2 is 1.64 bits per heavy atom. The topological polar surface area (TPSA) is 84.0 Å². The molecule has 5 nitrogen and oxygen atoms in total. The van der Waals surface area contributed by atoms with Gasteiger partial charge in [-0.25, -0.2) is 4.68 Å². The first-order valence-corrected chi connectivity index (χ1v) is 7.34. The van der Waals surface area contributed by atoms with Gasteiger partial charge < -0.3 is 15.6 Å². The van der Waals surface area contributed by atoms with Crippen molar-refractivity contribution in [2.75, 3.05) is 5.73 Å². The molecular formula is C19H14N3NaO2. The van der Waals surface area contributed by atoms with Crippen LogP contribution in [-0.4, -0.2) is 15.7 Å². The minimum atomic E-state index is -1.26. The molecule has 25 heavy (non-hydrogen) atoms. The van der Waals surface area contributed by atoms with Gasteiger partial charge in [0.15, 0.2) is 0 Å². The van der Waals surface area contributed by atoms with Gasteiger partial charge in [0, 0.05) is 11.1 Å². The number of hydrogen-bond donors (Lipinski definition) is 1. The molecule has 0 aliphatic heterocycles. The second-order valence-electron chi connectivity index (χ2n) is 5.12. The fraction of sp³-hybridized carbons (Fsp3) is 0.0526. The van der Waals surface area contributed by atoms with Crippen LogP contribution in [0.3, 0.4) is 0 Å². The Kier molecular flexibility index (Phi) is 6.43. The number of benzene rings is 2. The molecule has 1 heterocycles. The zero-order chi connectivity index (χ0) is 16.9. The van der Waals surface area contributed by atoms with Gasteiger partial charge >= 0.3 is 29.6 Å². The van der Waals surface area contributed by atoms with Crippen LogP contribution >= 0.6 is 0 Å². The van der Waals surface area contributed by atoms with Gasteiger partial charge in [-0.05, 0) is 12.1 Å². The van der Waals surface area contributed by atoms with E-state index in [2.05, 4.69) is 16.9 Å². The summed E-state index contributed by atoms with van der Waals surface area (Å²) < 4.78 is 1.20. The van der Waals surface area contributed by atoms with Crippen LogP contribution in [0.25, 0.3) is 11.3 Å². The Balaban J connectivity index is 0.00000225. The summed E-state index contributed by atoms with van der Waals surface area (Å²) in [5.41, 5.74) is 8.77. The van der Waals surface area contributed by atoms with Crippen LogP contribution in [0.15, 0.2) is 60.7 Å². The number of aliphatic carboxylic acids is 1. The zero-order valence-corrected chi connectivity index (χ0v) is 15.8. The zero-order valence-electron chi connectivity index (χ0n) is 13.8. The molecule has 3 rings (SSSR count). The summed E-state index contributed by atoms with van der Waals surface area (Å²) in [7, 11) is 0. The molecule has 0 spiro atoms. The molecule has 2 N–H and O–H groups in total. The van der Waals surface area contributed by atoms with E-state index in [0.29, 0.717) is 11.3 Å². The van der Waals surface area contributed by atoms with Crippen molar-refractivity contribution in [2.45, 2.75) is 6.54 Å². The van der Waals surface area contributed by atoms with E-state index in [9.17, 15) is 9.90 Å². The van der Waals surface area contributed by atoms with Crippen LogP contribution in [-0.2, 0) is 11.3 Å². The number of rotatable bonds is 3. The minimum absolute atomic E-state index is 0. The number of nitrogen functional groups attached to an aromatic ring is 1. The molecular weight excluding hydrogens is 325 g/mol. The molecule has 3 aromatic rings. The summed E-state index contributed by atoms with van der Waals surface area (Å²) >= 11 is 0. The van der Waals surface area contributed by atoms with E-state index in [1.54, 1.807) is 0 Å². The van der Waals surface area contributed by atoms with Crippen molar-refractivity contribution in [3.63, 3.8) is 0 Å². The predicted molar refractivity (Wildman–Crippen MR) is 89.5 cm³/mol. The fourth-order valence-electron chi connectivity index (χ4n) is 2.30. The number of hydrogen-bond acceptors (Lipinski definition) is 4. The fourth-order valence-corrected chi connectivity index (χ4v) is 2.30. The summed E-state index contributed by atoms with van der Waals surface area (Å²) in [6.07, 6.45) is 0. The Morgan fingerprint density at radius 3 is 2.24 bits per heavy atom. The molecule has 6 heteroatoms. The number of anilines is 1. The van der Waals surface area contributed by atoms with Crippen molar-refractivity contribution in [3.8, 4) is 23.1 Å². The Hall–Kier alpha value is -2.52. The smallest absolute Gasteiger partial charge is 0.548 e. The third-order valence-corrected chi connectivity index (χ3v) is 3.42. The third kappa shape index (κ3) is 4.52. The van der Waals surface area contributed by atoms with Crippen LogP contribution in [0.5, 0.6) is 0 Å². The first kappa shape index (κ1) is 18.8. The van der Waals surface area contributed by atoms with Crippen LogP contribution < -0.4 is 40.4 Å². The maximum Gasteiger partial charge on any atom is 1.00 e. The van der Waals surface area contributed by atoms with E-state index in [1.807, 2.05) is 60.7 Å². The summed E-state index contributed by atoms with van der Waals surface area (Å²) in [6, 6.07) is 18.9. The van der Waals surface area contributed by atoms with Crippen molar-refractivity contribution in [1.29, 1.82) is 0 Å². The minimum Gasteiger partial charge on any atom is -0.548 e. The molecule has 2 aromatic carbocycles. The Morgan fingerprint density at radius 1 is 1.04 bits per heavy atom. The van der Waals surface area contributed by atoms with Gasteiger partial charge in [0.25, 0.3) is 0 Å². The van der Waals surface area contributed by atoms with Gasteiger partial charge in [0.1, 0.15) is 11.5 Å². The molecule has 0 bridgehead atoms. The van der Waals surface area contributed by atoms with Crippen LogP contribution in [0.4, 0.5) is 5.82 Å². The first-order valence-electron chi connectivity index (χ1n) is 7.34.